The molecule has 25 heavy (non-hydrogen) atoms. The average Bonchev–Trinajstić information content (AvgIpc) is 2.57. The molecule has 0 saturated heterocycles. The minimum atomic E-state index is -0.765. The molecule has 0 aromatic rings. The Labute approximate surface area is 150 Å². The first-order chi connectivity index (χ1) is 12.1. The molecule has 0 heterocycles. The van der Waals surface area contributed by atoms with Crippen molar-refractivity contribution in [2.75, 3.05) is 46.2 Å². The predicted molar refractivity (Wildman–Crippen MR) is 90.6 cm³/mol. The van der Waals surface area contributed by atoms with Gasteiger partial charge in [0.15, 0.2) is 0 Å². The molecule has 0 N–H and O–H groups in total. The fourth-order valence-corrected chi connectivity index (χ4v) is 1.57. The zero-order valence-electron chi connectivity index (χ0n) is 15.6. The number of hydrogen-bond donors (Lipinski definition) is 0. The van der Waals surface area contributed by atoms with Crippen molar-refractivity contribution in [1.29, 1.82) is 0 Å². The highest BCUT2D eigenvalue weighted by Crippen LogP contribution is 2.01. The van der Waals surface area contributed by atoms with Gasteiger partial charge in [-0.1, -0.05) is 20.3 Å². The van der Waals surface area contributed by atoms with Crippen molar-refractivity contribution in [3.63, 3.8) is 0 Å². The smallest absolute Gasteiger partial charge is 0.434 e. The lowest BCUT2D eigenvalue weighted by Crippen LogP contribution is -2.20. The lowest BCUT2D eigenvalue weighted by Gasteiger charge is -2.13. The minimum Gasteiger partial charge on any atom is -0.434 e. The highest BCUT2D eigenvalue weighted by molar-refractivity contribution is 5.60. The lowest BCUT2D eigenvalue weighted by atomic mass is 10.3. The third-order valence-electron chi connectivity index (χ3n) is 2.93. The summed E-state index contributed by atoms with van der Waals surface area (Å²) < 4.78 is 30.0. The van der Waals surface area contributed by atoms with Crippen molar-refractivity contribution in [2.45, 2.75) is 52.6 Å². The van der Waals surface area contributed by atoms with Gasteiger partial charge in [0.05, 0.1) is 19.8 Å². The van der Waals surface area contributed by atoms with Gasteiger partial charge < -0.3 is 28.4 Å². The summed E-state index contributed by atoms with van der Waals surface area (Å²) in [6.07, 6.45) is 1.34. The molecule has 0 aliphatic carbocycles. The highest BCUT2D eigenvalue weighted by atomic mass is 16.7. The van der Waals surface area contributed by atoms with Crippen LogP contribution in [0, 0.1) is 0 Å². The Kier molecular flexibility index (Phi) is 16.2. The van der Waals surface area contributed by atoms with Gasteiger partial charge in [0.1, 0.15) is 19.3 Å². The SMILES string of the molecule is CCCCOCCOC(=O)OC(C)CCOC(=O)OCCOCCC. The standard InChI is InChI=1S/C17H32O8/c1-4-6-9-21-12-14-24-17(19)25-15(3)7-10-22-16(18)23-13-11-20-8-5-2/h15H,4-14H2,1-3H3. The molecule has 0 radical (unpaired) electrons. The number of carbonyl (C=O) groups is 2. The second kappa shape index (κ2) is 17.3. The maximum atomic E-state index is 11.4. The molecule has 0 fully saturated rings. The van der Waals surface area contributed by atoms with Crippen LogP contribution in [0.1, 0.15) is 46.5 Å². The molecule has 1 atom stereocenters. The van der Waals surface area contributed by atoms with E-state index in [4.69, 9.17) is 28.4 Å². The molecule has 0 spiro atoms. The fourth-order valence-electron chi connectivity index (χ4n) is 1.57. The van der Waals surface area contributed by atoms with Gasteiger partial charge in [-0.2, -0.15) is 0 Å². The fraction of sp³-hybridized carbons (Fsp3) is 0.882. The molecule has 0 aromatic heterocycles. The number of carbonyl (C=O) groups excluding carboxylic acids is 2. The average molecular weight is 364 g/mol. The van der Waals surface area contributed by atoms with Crippen LogP contribution in [-0.4, -0.2) is 64.7 Å². The number of unbranched alkanes of at least 4 members (excludes halogenated alkanes) is 1. The Morgan fingerprint density at radius 2 is 1.32 bits per heavy atom. The van der Waals surface area contributed by atoms with Crippen LogP contribution in [0.5, 0.6) is 0 Å². The first-order valence-electron chi connectivity index (χ1n) is 8.88. The number of rotatable bonds is 15. The van der Waals surface area contributed by atoms with E-state index in [0.717, 1.165) is 19.3 Å². The van der Waals surface area contributed by atoms with Gasteiger partial charge in [0, 0.05) is 19.6 Å². The van der Waals surface area contributed by atoms with Crippen LogP contribution in [0.25, 0.3) is 0 Å². The summed E-state index contributed by atoms with van der Waals surface area (Å²) in [6.45, 7) is 8.12. The number of hydrogen-bond acceptors (Lipinski definition) is 8. The van der Waals surface area contributed by atoms with E-state index >= 15 is 0 Å². The first kappa shape index (κ1) is 23.5. The first-order valence-corrected chi connectivity index (χ1v) is 8.88. The zero-order valence-corrected chi connectivity index (χ0v) is 15.6. The second-order valence-corrected chi connectivity index (χ2v) is 5.34. The van der Waals surface area contributed by atoms with E-state index in [9.17, 15) is 9.59 Å². The predicted octanol–water partition coefficient (Wildman–Crippen LogP) is 3.31. The van der Waals surface area contributed by atoms with Gasteiger partial charge in [-0.05, 0) is 19.8 Å². The summed E-state index contributed by atoms with van der Waals surface area (Å²) in [5, 5.41) is 0. The van der Waals surface area contributed by atoms with Crippen molar-refractivity contribution in [2.24, 2.45) is 0 Å². The lowest BCUT2D eigenvalue weighted by molar-refractivity contribution is -0.00293. The third-order valence-corrected chi connectivity index (χ3v) is 2.93. The maximum absolute atomic E-state index is 11.4. The Morgan fingerprint density at radius 1 is 0.720 bits per heavy atom. The van der Waals surface area contributed by atoms with E-state index in [0.29, 0.717) is 32.8 Å². The molecule has 1 unspecified atom stereocenters. The van der Waals surface area contributed by atoms with E-state index in [1.807, 2.05) is 6.92 Å². The van der Waals surface area contributed by atoms with Crippen molar-refractivity contribution >= 4 is 12.3 Å². The molecular weight excluding hydrogens is 332 g/mol. The van der Waals surface area contributed by atoms with E-state index in [1.165, 1.54) is 0 Å². The van der Waals surface area contributed by atoms with Gasteiger partial charge in [0.2, 0.25) is 0 Å². The molecule has 0 amide bonds. The highest BCUT2D eigenvalue weighted by Gasteiger charge is 2.12. The summed E-state index contributed by atoms with van der Waals surface area (Å²) in [7, 11) is 0. The second-order valence-electron chi connectivity index (χ2n) is 5.34. The molecule has 0 saturated carbocycles. The largest absolute Gasteiger partial charge is 0.508 e. The molecule has 148 valence electrons. The van der Waals surface area contributed by atoms with Crippen LogP contribution in [0.3, 0.4) is 0 Å². The van der Waals surface area contributed by atoms with E-state index in [-0.39, 0.29) is 19.8 Å². The Hall–Kier alpha value is -1.54. The van der Waals surface area contributed by atoms with E-state index in [2.05, 4.69) is 6.92 Å². The van der Waals surface area contributed by atoms with Crippen LogP contribution < -0.4 is 0 Å². The quantitative estimate of drug-likeness (QED) is 0.323. The van der Waals surface area contributed by atoms with Gasteiger partial charge in [0.25, 0.3) is 0 Å². The van der Waals surface area contributed by atoms with Crippen LogP contribution in [-0.2, 0) is 28.4 Å². The maximum Gasteiger partial charge on any atom is 0.508 e. The van der Waals surface area contributed by atoms with Gasteiger partial charge in [-0.3, -0.25) is 0 Å². The Balaban J connectivity index is 3.50. The van der Waals surface area contributed by atoms with Crippen LogP contribution in [0.15, 0.2) is 0 Å². The van der Waals surface area contributed by atoms with Gasteiger partial charge in [-0.15, -0.1) is 0 Å². The third kappa shape index (κ3) is 17.1. The molecule has 0 aliphatic heterocycles. The zero-order chi connectivity index (χ0) is 18.8. The molecule has 0 bridgehead atoms. The minimum absolute atomic E-state index is 0.0865. The van der Waals surface area contributed by atoms with Gasteiger partial charge in [-0.25, -0.2) is 9.59 Å². The van der Waals surface area contributed by atoms with E-state index in [1.54, 1.807) is 6.92 Å². The van der Waals surface area contributed by atoms with Crippen molar-refractivity contribution in [3.05, 3.63) is 0 Å². The van der Waals surface area contributed by atoms with E-state index < -0.39 is 18.4 Å². The summed E-state index contributed by atoms with van der Waals surface area (Å²) in [5.74, 6) is 0. The molecular formula is C17H32O8. The van der Waals surface area contributed by atoms with Crippen LogP contribution in [0.2, 0.25) is 0 Å². The number of ether oxygens (including phenoxy) is 6. The molecule has 8 nitrogen and oxygen atoms in total. The van der Waals surface area contributed by atoms with Crippen LogP contribution >= 0.6 is 0 Å². The Morgan fingerprint density at radius 3 is 1.96 bits per heavy atom. The summed E-state index contributed by atoms with van der Waals surface area (Å²) in [5.41, 5.74) is 0. The molecule has 8 heteroatoms. The molecule has 0 rings (SSSR count). The van der Waals surface area contributed by atoms with Crippen molar-refractivity contribution in [1.82, 2.24) is 0 Å². The van der Waals surface area contributed by atoms with Crippen molar-refractivity contribution < 1.29 is 38.0 Å². The van der Waals surface area contributed by atoms with Gasteiger partial charge >= 0.3 is 12.3 Å². The molecule has 0 aromatic carbocycles. The summed E-state index contributed by atoms with van der Waals surface area (Å²) in [6, 6.07) is 0. The van der Waals surface area contributed by atoms with Crippen molar-refractivity contribution in [3.8, 4) is 0 Å². The topological polar surface area (TPSA) is 89.5 Å². The van der Waals surface area contributed by atoms with Crippen LogP contribution in [0.4, 0.5) is 9.59 Å². The Bertz CT molecular complexity index is 335. The molecule has 0 aliphatic rings. The monoisotopic (exact) mass is 364 g/mol. The summed E-state index contributed by atoms with van der Waals surface area (Å²) in [4.78, 5) is 22.7. The summed E-state index contributed by atoms with van der Waals surface area (Å²) >= 11 is 0. The normalized spacial score (nSPS) is 11.6.